The van der Waals surface area contributed by atoms with Crippen molar-refractivity contribution >= 4 is 23.8 Å². The highest BCUT2D eigenvalue weighted by Gasteiger charge is 2.39. The molecule has 0 saturated carbocycles. The maximum atomic E-state index is 13.0. The summed E-state index contributed by atoms with van der Waals surface area (Å²) in [5.41, 5.74) is 1.19. The minimum Gasteiger partial charge on any atom is -0.447 e. The van der Waals surface area contributed by atoms with E-state index < -0.39 is 0 Å². The summed E-state index contributed by atoms with van der Waals surface area (Å²) in [6.45, 7) is 1.69. The molecule has 0 aliphatic carbocycles. The maximum absolute atomic E-state index is 13.0. The number of rotatable bonds is 6. The zero-order chi connectivity index (χ0) is 20.9. The van der Waals surface area contributed by atoms with Crippen LogP contribution in [0.2, 0.25) is 0 Å². The van der Waals surface area contributed by atoms with Crippen molar-refractivity contribution in [3.63, 3.8) is 0 Å². The largest absolute Gasteiger partial charge is 0.447 e. The fourth-order valence-corrected chi connectivity index (χ4v) is 4.92. The molecule has 158 valence electrons. The molecule has 2 heterocycles. The second kappa shape index (κ2) is 9.51. The number of thioether (sulfide) groups is 1. The molecule has 2 fully saturated rings. The molecule has 2 aromatic rings. The lowest BCUT2D eigenvalue weighted by Crippen LogP contribution is -2.50. The standard InChI is InChI=1S/C23H25FN2O3S/c24-18-6-8-21(9-7-18)30-16-22(27)25-12-10-19(11-13-25)26-20(15-29-23(26)28)14-17-4-2-1-3-5-17/h1-9,19-20H,10-16H2/t20-/m0/s1. The quantitative estimate of drug-likeness (QED) is 0.654. The fourth-order valence-electron chi connectivity index (χ4n) is 4.12. The van der Waals surface area contributed by atoms with Crippen LogP contribution in [0, 0.1) is 5.82 Å². The Morgan fingerprint density at radius 1 is 1.07 bits per heavy atom. The van der Waals surface area contributed by atoms with Gasteiger partial charge in [0.25, 0.3) is 0 Å². The molecule has 0 N–H and O–H groups in total. The number of benzene rings is 2. The van der Waals surface area contributed by atoms with Gasteiger partial charge in [-0.05, 0) is 49.1 Å². The lowest BCUT2D eigenvalue weighted by molar-refractivity contribution is -0.129. The Labute approximate surface area is 180 Å². The van der Waals surface area contributed by atoms with Crippen LogP contribution >= 0.6 is 11.8 Å². The summed E-state index contributed by atoms with van der Waals surface area (Å²) >= 11 is 1.42. The Morgan fingerprint density at radius 3 is 2.47 bits per heavy atom. The molecular formula is C23H25FN2O3S. The van der Waals surface area contributed by atoms with Crippen molar-refractivity contribution in [2.24, 2.45) is 0 Å². The van der Waals surface area contributed by atoms with Crippen LogP contribution in [0.15, 0.2) is 59.5 Å². The molecule has 0 radical (unpaired) electrons. The van der Waals surface area contributed by atoms with Crippen LogP contribution in [0.4, 0.5) is 9.18 Å². The predicted octanol–water partition coefficient (Wildman–Crippen LogP) is 3.97. The number of likely N-dealkylation sites (tertiary alicyclic amines) is 1. The van der Waals surface area contributed by atoms with E-state index in [0.717, 1.165) is 24.2 Å². The summed E-state index contributed by atoms with van der Waals surface area (Å²) in [7, 11) is 0. The van der Waals surface area contributed by atoms with E-state index in [1.54, 1.807) is 12.1 Å². The Balaban J connectivity index is 1.29. The number of carbonyl (C=O) groups excluding carboxylic acids is 2. The van der Waals surface area contributed by atoms with E-state index in [4.69, 9.17) is 4.74 Å². The van der Waals surface area contributed by atoms with Crippen LogP contribution < -0.4 is 0 Å². The molecule has 5 nitrogen and oxygen atoms in total. The highest BCUT2D eigenvalue weighted by atomic mass is 32.2. The molecular weight excluding hydrogens is 403 g/mol. The van der Waals surface area contributed by atoms with Crippen molar-refractivity contribution in [3.8, 4) is 0 Å². The summed E-state index contributed by atoms with van der Waals surface area (Å²) in [6.07, 6.45) is 2.05. The number of amides is 2. The van der Waals surface area contributed by atoms with Gasteiger partial charge in [-0.15, -0.1) is 11.8 Å². The molecule has 4 rings (SSSR count). The highest BCUT2D eigenvalue weighted by molar-refractivity contribution is 8.00. The Bertz CT molecular complexity index is 870. The van der Waals surface area contributed by atoms with Gasteiger partial charge in [-0.3, -0.25) is 9.69 Å². The number of hydrogen-bond donors (Lipinski definition) is 0. The zero-order valence-corrected chi connectivity index (χ0v) is 17.5. The van der Waals surface area contributed by atoms with Crippen LogP contribution in [0.3, 0.4) is 0 Å². The van der Waals surface area contributed by atoms with Crippen molar-refractivity contribution in [2.75, 3.05) is 25.4 Å². The van der Waals surface area contributed by atoms with Crippen molar-refractivity contribution in [2.45, 2.75) is 36.2 Å². The predicted molar refractivity (Wildman–Crippen MR) is 114 cm³/mol. The molecule has 0 bridgehead atoms. The Hall–Kier alpha value is -2.54. The molecule has 2 amide bonds. The van der Waals surface area contributed by atoms with E-state index in [-0.39, 0.29) is 29.9 Å². The molecule has 1 atom stereocenters. The normalized spacial score (nSPS) is 19.8. The highest BCUT2D eigenvalue weighted by Crippen LogP contribution is 2.27. The molecule has 0 aromatic heterocycles. The van der Waals surface area contributed by atoms with Gasteiger partial charge >= 0.3 is 6.09 Å². The third-order valence-electron chi connectivity index (χ3n) is 5.70. The summed E-state index contributed by atoms with van der Waals surface area (Å²) in [5.74, 6) is 0.130. The second-order valence-electron chi connectivity index (χ2n) is 7.68. The summed E-state index contributed by atoms with van der Waals surface area (Å²) in [5, 5.41) is 0. The average Bonchev–Trinajstić information content (AvgIpc) is 3.14. The van der Waals surface area contributed by atoms with Crippen LogP contribution in [-0.4, -0.2) is 59.3 Å². The number of hydrogen-bond acceptors (Lipinski definition) is 4. The maximum Gasteiger partial charge on any atom is 0.410 e. The first kappa shape index (κ1) is 20.7. The molecule has 2 aromatic carbocycles. The SMILES string of the molecule is O=C(CSc1ccc(F)cc1)N1CCC(N2C(=O)OC[C@@H]2Cc2ccccc2)CC1. The Morgan fingerprint density at radius 2 is 1.77 bits per heavy atom. The minimum absolute atomic E-state index is 0.0428. The number of halogens is 1. The van der Waals surface area contributed by atoms with E-state index in [2.05, 4.69) is 12.1 Å². The average molecular weight is 429 g/mol. The van der Waals surface area contributed by atoms with Crippen LogP contribution in [0.1, 0.15) is 18.4 Å². The number of piperidine rings is 1. The van der Waals surface area contributed by atoms with Gasteiger partial charge in [-0.25, -0.2) is 9.18 Å². The van der Waals surface area contributed by atoms with Gasteiger partial charge in [0.15, 0.2) is 0 Å². The van der Waals surface area contributed by atoms with Crippen molar-refractivity contribution in [1.29, 1.82) is 0 Å². The van der Waals surface area contributed by atoms with Crippen molar-refractivity contribution in [1.82, 2.24) is 9.80 Å². The lowest BCUT2D eigenvalue weighted by atomic mass is 9.99. The molecule has 30 heavy (non-hydrogen) atoms. The van der Waals surface area contributed by atoms with Gasteiger partial charge in [-0.1, -0.05) is 30.3 Å². The third-order valence-corrected chi connectivity index (χ3v) is 6.70. The van der Waals surface area contributed by atoms with E-state index >= 15 is 0 Å². The summed E-state index contributed by atoms with van der Waals surface area (Å²) in [6, 6.07) is 16.5. The van der Waals surface area contributed by atoms with E-state index in [0.29, 0.717) is 25.4 Å². The number of carbonyl (C=O) groups is 2. The van der Waals surface area contributed by atoms with Crippen molar-refractivity contribution < 1.29 is 18.7 Å². The van der Waals surface area contributed by atoms with Gasteiger partial charge in [0, 0.05) is 24.0 Å². The van der Waals surface area contributed by atoms with Crippen LogP contribution in [0.25, 0.3) is 0 Å². The summed E-state index contributed by atoms with van der Waals surface area (Å²) in [4.78, 5) is 29.6. The third kappa shape index (κ3) is 4.95. The van der Waals surface area contributed by atoms with Crippen LogP contribution in [0.5, 0.6) is 0 Å². The van der Waals surface area contributed by atoms with Crippen LogP contribution in [-0.2, 0) is 16.0 Å². The first-order chi connectivity index (χ1) is 14.6. The monoisotopic (exact) mass is 428 g/mol. The summed E-state index contributed by atoms with van der Waals surface area (Å²) < 4.78 is 18.3. The second-order valence-corrected chi connectivity index (χ2v) is 8.73. The van der Waals surface area contributed by atoms with Gasteiger partial charge in [0.05, 0.1) is 11.8 Å². The molecule has 0 spiro atoms. The number of cyclic esters (lactones) is 1. The van der Waals surface area contributed by atoms with Gasteiger partial charge in [0.1, 0.15) is 12.4 Å². The smallest absolute Gasteiger partial charge is 0.410 e. The van der Waals surface area contributed by atoms with E-state index in [9.17, 15) is 14.0 Å². The molecule has 2 saturated heterocycles. The lowest BCUT2D eigenvalue weighted by Gasteiger charge is -2.38. The van der Waals surface area contributed by atoms with E-state index in [1.807, 2.05) is 28.0 Å². The molecule has 2 aliphatic heterocycles. The molecule has 2 aliphatic rings. The number of ether oxygens (including phenoxy) is 1. The topological polar surface area (TPSA) is 49.9 Å². The first-order valence-electron chi connectivity index (χ1n) is 10.3. The van der Waals surface area contributed by atoms with Gasteiger partial charge < -0.3 is 9.64 Å². The fraction of sp³-hybridized carbons (Fsp3) is 0.391. The Kier molecular flexibility index (Phi) is 6.57. The molecule has 7 heteroatoms. The minimum atomic E-state index is -0.279. The van der Waals surface area contributed by atoms with Gasteiger partial charge in [0.2, 0.25) is 5.91 Å². The first-order valence-corrected chi connectivity index (χ1v) is 11.2. The van der Waals surface area contributed by atoms with Gasteiger partial charge in [-0.2, -0.15) is 0 Å². The van der Waals surface area contributed by atoms with Crippen molar-refractivity contribution in [3.05, 3.63) is 66.0 Å². The zero-order valence-electron chi connectivity index (χ0n) is 16.7. The molecule has 0 unspecified atom stereocenters. The number of nitrogens with zero attached hydrogens (tertiary/aromatic N) is 2. The van der Waals surface area contributed by atoms with E-state index in [1.165, 1.54) is 29.5 Å².